The molecule has 1 heterocycles. The van der Waals surface area contributed by atoms with E-state index in [0.29, 0.717) is 11.3 Å². The van der Waals surface area contributed by atoms with Crippen molar-refractivity contribution < 1.29 is 4.79 Å². The fraction of sp³-hybridized carbons (Fsp3) is 0.400. The Hall–Kier alpha value is -1.96. The fourth-order valence-corrected chi connectivity index (χ4v) is 2.51. The van der Waals surface area contributed by atoms with Crippen LogP contribution in [-0.2, 0) is 6.42 Å². The van der Waals surface area contributed by atoms with E-state index in [1.165, 1.54) is 37.7 Å². The van der Waals surface area contributed by atoms with E-state index >= 15 is 0 Å². The molecule has 2 aromatic rings. The van der Waals surface area contributed by atoms with Gasteiger partial charge in [-0.25, -0.2) is 0 Å². The number of carbonyl (C=O) groups excluding carboxylic acids is 1. The van der Waals surface area contributed by atoms with Gasteiger partial charge in [0, 0.05) is 11.8 Å². The number of pyridine rings is 1. The van der Waals surface area contributed by atoms with E-state index in [9.17, 15) is 4.79 Å². The van der Waals surface area contributed by atoms with Gasteiger partial charge in [0.05, 0.1) is 0 Å². The van der Waals surface area contributed by atoms with Crippen LogP contribution in [0.4, 0.5) is 0 Å². The highest BCUT2D eigenvalue weighted by Gasteiger charge is 2.09. The van der Waals surface area contributed by atoms with Crippen LogP contribution in [0.25, 0.3) is 0 Å². The molecule has 0 radical (unpaired) electrons. The molecular weight excluding hydrogens is 270 g/mol. The average Bonchev–Trinajstić information content (AvgIpc) is 2.55. The van der Waals surface area contributed by atoms with E-state index in [4.69, 9.17) is 0 Å². The van der Waals surface area contributed by atoms with Gasteiger partial charge in [0.25, 0.3) is 0 Å². The maximum absolute atomic E-state index is 12.3. The smallest absolute Gasteiger partial charge is 0.211 e. The molecule has 0 amide bonds. The summed E-state index contributed by atoms with van der Waals surface area (Å²) in [6.07, 6.45) is 9.29. The predicted octanol–water partition coefficient (Wildman–Crippen LogP) is 5.13. The number of nitrogens with zero attached hydrogens (tertiary/aromatic N) is 1. The summed E-state index contributed by atoms with van der Waals surface area (Å²) in [6, 6.07) is 11.7. The van der Waals surface area contributed by atoms with Gasteiger partial charge in [0.2, 0.25) is 5.78 Å². The molecule has 0 unspecified atom stereocenters. The lowest BCUT2D eigenvalue weighted by atomic mass is 10.0. The van der Waals surface area contributed by atoms with Crippen LogP contribution in [0.2, 0.25) is 0 Å². The molecule has 2 rings (SSSR count). The molecule has 22 heavy (non-hydrogen) atoms. The first-order valence-corrected chi connectivity index (χ1v) is 8.27. The van der Waals surface area contributed by atoms with Crippen LogP contribution < -0.4 is 0 Å². The molecule has 2 heteroatoms. The Labute approximate surface area is 133 Å². The molecule has 0 bridgehead atoms. The number of hydrogen-bond acceptors (Lipinski definition) is 2. The molecule has 0 saturated carbocycles. The molecule has 0 atom stereocenters. The third kappa shape index (κ3) is 4.80. The first-order valence-electron chi connectivity index (χ1n) is 8.27. The molecule has 0 saturated heterocycles. The van der Waals surface area contributed by atoms with Crippen molar-refractivity contribution in [2.75, 3.05) is 0 Å². The number of unbranched alkanes of at least 4 members (excludes halogenated alkanes) is 4. The Bertz CT molecular complexity index is 584. The number of aryl methyl sites for hydroxylation is 2. The Kier molecular flexibility index (Phi) is 6.32. The molecule has 1 aromatic heterocycles. The summed E-state index contributed by atoms with van der Waals surface area (Å²) in [4.78, 5) is 16.5. The highest BCUT2D eigenvalue weighted by Crippen LogP contribution is 2.13. The minimum absolute atomic E-state index is 0.00510. The van der Waals surface area contributed by atoms with Gasteiger partial charge in [-0.05, 0) is 37.0 Å². The summed E-state index contributed by atoms with van der Waals surface area (Å²) in [5, 5.41) is 0. The summed E-state index contributed by atoms with van der Waals surface area (Å²) in [5.74, 6) is -0.00510. The zero-order valence-electron chi connectivity index (χ0n) is 13.6. The number of aromatic nitrogens is 1. The number of ketones is 1. The van der Waals surface area contributed by atoms with Crippen molar-refractivity contribution in [3.05, 3.63) is 65.0 Å². The number of carbonyl (C=O) groups is 1. The number of rotatable bonds is 8. The number of benzene rings is 1. The van der Waals surface area contributed by atoms with Crippen molar-refractivity contribution in [2.45, 2.75) is 52.4 Å². The van der Waals surface area contributed by atoms with E-state index in [1.54, 1.807) is 12.3 Å². The van der Waals surface area contributed by atoms with Crippen LogP contribution in [-0.4, -0.2) is 10.8 Å². The maximum Gasteiger partial charge on any atom is 0.211 e. The largest absolute Gasteiger partial charge is 0.287 e. The van der Waals surface area contributed by atoms with Crippen LogP contribution in [0.5, 0.6) is 0 Å². The van der Waals surface area contributed by atoms with Crippen LogP contribution in [0.1, 0.15) is 66.2 Å². The third-order valence-corrected chi connectivity index (χ3v) is 3.93. The van der Waals surface area contributed by atoms with Crippen molar-refractivity contribution in [1.29, 1.82) is 0 Å². The molecule has 0 aliphatic carbocycles. The topological polar surface area (TPSA) is 30.0 Å². The summed E-state index contributed by atoms with van der Waals surface area (Å²) in [6.45, 7) is 4.20. The predicted molar refractivity (Wildman–Crippen MR) is 91.3 cm³/mol. The van der Waals surface area contributed by atoms with Gasteiger partial charge in [-0.1, -0.05) is 62.9 Å². The molecule has 0 aliphatic heterocycles. The van der Waals surface area contributed by atoms with Gasteiger partial charge < -0.3 is 0 Å². The van der Waals surface area contributed by atoms with Crippen molar-refractivity contribution in [2.24, 2.45) is 0 Å². The van der Waals surface area contributed by atoms with Crippen LogP contribution in [0.3, 0.4) is 0 Å². The summed E-state index contributed by atoms with van der Waals surface area (Å²) < 4.78 is 0. The third-order valence-electron chi connectivity index (χ3n) is 3.93. The van der Waals surface area contributed by atoms with E-state index in [1.807, 2.05) is 25.1 Å². The van der Waals surface area contributed by atoms with E-state index in [2.05, 4.69) is 24.0 Å². The molecule has 1 aromatic carbocycles. The first-order chi connectivity index (χ1) is 10.7. The monoisotopic (exact) mass is 295 g/mol. The standard InChI is InChI=1S/C20H25NO/c1-3-4-5-6-7-8-17-10-12-18(13-11-17)20(22)19-14-9-16(2)15-21-19/h9-15H,3-8H2,1-2H3. The van der Waals surface area contributed by atoms with Gasteiger partial charge in [0.15, 0.2) is 0 Å². The quantitative estimate of drug-likeness (QED) is 0.499. The molecule has 0 aliphatic rings. The zero-order valence-corrected chi connectivity index (χ0v) is 13.6. The first kappa shape index (κ1) is 16.4. The normalized spacial score (nSPS) is 10.6. The molecular formula is C20H25NO. The van der Waals surface area contributed by atoms with Crippen LogP contribution >= 0.6 is 0 Å². The second kappa shape index (κ2) is 8.47. The fourth-order valence-electron chi connectivity index (χ4n) is 2.51. The minimum atomic E-state index is -0.00510. The lowest BCUT2D eigenvalue weighted by molar-refractivity contribution is 0.103. The lowest BCUT2D eigenvalue weighted by Gasteiger charge is -2.04. The summed E-state index contributed by atoms with van der Waals surface area (Å²) in [5.41, 5.74) is 3.60. The molecule has 2 nitrogen and oxygen atoms in total. The van der Waals surface area contributed by atoms with Crippen LogP contribution in [0.15, 0.2) is 42.6 Å². The summed E-state index contributed by atoms with van der Waals surface area (Å²) >= 11 is 0. The summed E-state index contributed by atoms with van der Waals surface area (Å²) in [7, 11) is 0. The van der Waals surface area contributed by atoms with Crippen molar-refractivity contribution in [3.8, 4) is 0 Å². The second-order valence-electron chi connectivity index (χ2n) is 5.91. The molecule has 116 valence electrons. The van der Waals surface area contributed by atoms with Crippen molar-refractivity contribution >= 4 is 5.78 Å². The number of hydrogen-bond donors (Lipinski definition) is 0. The van der Waals surface area contributed by atoms with Crippen molar-refractivity contribution in [3.63, 3.8) is 0 Å². The van der Waals surface area contributed by atoms with E-state index in [0.717, 1.165) is 12.0 Å². The zero-order chi connectivity index (χ0) is 15.8. The average molecular weight is 295 g/mol. The Balaban J connectivity index is 1.91. The van der Waals surface area contributed by atoms with Crippen molar-refractivity contribution in [1.82, 2.24) is 4.98 Å². The Morgan fingerprint density at radius 1 is 0.955 bits per heavy atom. The highest BCUT2D eigenvalue weighted by molar-refractivity contribution is 6.07. The van der Waals surface area contributed by atoms with E-state index < -0.39 is 0 Å². The van der Waals surface area contributed by atoms with Gasteiger partial charge in [-0.15, -0.1) is 0 Å². The Morgan fingerprint density at radius 3 is 2.32 bits per heavy atom. The lowest BCUT2D eigenvalue weighted by Crippen LogP contribution is -2.04. The highest BCUT2D eigenvalue weighted by atomic mass is 16.1. The second-order valence-corrected chi connectivity index (χ2v) is 5.91. The van der Waals surface area contributed by atoms with Crippen LogP contribution in [0, 0.1) is 6.92 Å². The minimum Gasteiger partial charge on any atom is -0.287 e. The SMILES string of the molecule is CCCCCCCc1ccc(C(=O)c2ccc(C)cn2)cc1. The van der Waals surface area contributed by atoms with Gasteiger partial charge in [0.1, 0.15) is 5.69 Å². The molecule has 0 spiro atoms. The molecule has 0 fully saturated rings. The van der Waals surface area contributed by atoms with Gasteiger partial charge >= 0.3 is 0 Å². The Morgan fingerprint density at radius 2 is 1.68 bits per heavy atom. The van der Waals surface area contributed by atoms with Gasteiger partial charge in [-0.2, -0.15) is 0 Å². The molecule has 0 N–H and O–H groups in total. The van der Waals surface area contributed by atoms with Gasteiger partial charge in [-0.3, -0.25) is 9.78 Å². The maximum atomic E-state index is 12.3. The van der Waals surface area contributed by atoms with E-state index in [-0.39, 0.29) is 5.78 Å².